The van der Waals surface area contributed by atoms with E-state index in [2.05, 4.69) is 25.3 Å². The molecule has 1 amide bonds. The van der Waals surface area contributed by atoms with Gasteiger partial charge in [-0.3, -0.25) is 9.78 Å². The summed E-state index contributed by atoms with van der Waals surface area (Å²) in [6, 6.07) is 3.71. The van der Waals surface area contributed by atoms with Crippen molar-refractivity contribution in [3.63, 3.8) is 0 Å². The molecule has 128 valence electrons. The van der Waals surface area contributed by atoms with E-state index in [0.717, 1.165) is 24.1 Å². The number of rotatable bonds is 6. The molecule has 3 heterocycles. The maximum atomic E-state index is 12.3. The van der Waals surface area contributed by atoms with Crippen LogP contribution in [0.4, 0.5) is 5.13 Å². The minimum Gasteiger partial charge on any atom is -0.375 e. The summed E-state index contributed by atoms with van der Waals surface area (Å²) in [5.41, 5.74) is 8.49. The highest BCUT2D eigenvalue weighted by atomic mass is 32.1. The minimum absolute atomic E-state index is 0.173. The third-order valence-electron chi connectivity index (χ3n) is 3.61. The van der Waals surface area contributed by atoms with Crippen LogP contribution in [-0.2, 0) is 6.42 Å². The number of thiazole rings is 1. The van der Waals surface area contributed by atoms with Crippen molar-refractivity contribution in [3.05, 3.63) is 53.1 Å². The van der Waals surface area contributed by atoms with Gasteiger partial charge in [-0.05, 0) is 31.9 Å². The summed E-state index contributed by atoms with van der Waals surface area (Å²) in [4.78, 5) is 29.2. The van der Waals surface area contributed by atoms with Gasteiger partial charge in [-0.15, -0.1) is 11.3 Å². The Morgan fingerprint density at radius 2 is 2.20 bits per heavy atom. The number of amides is 1. The number of nitrogens with two attached hydrogens (primary N) is 1. The highest BCUT2D eigenvalue weighted by Crippen LogP contribution is 2.15. The number of pyridine rings is 1. The van der Waals surface area contributed by atoms with E-state index in [9.17, 15) is 4.79 Å². The fourth-order valence-electron chi connectivity index (χ4n) is 2.33. The number of hydrogen-bond acceptors (Lipinski definition) is 7. The van der Waals surface area contributed by atoms with Crippen molar-refractivity contribution >= 4 is 22.4 Å². The van der Waals surface area contributed by atoms with Crippen LogP contribution in [0.1, 0.15) is 28.2 Å². The summed E-state index contributed by atoms with van der Waals surface area (Å²) in [7, 11) is 0. The molecule has 0 aromatic carbocycles. The summed E-state index contributed by atoms with van der Waals surface area (Å²) in [5.74, 6) is 0.385. The van der Waals surface area contributed by atoms with E-state index in [0.29, 0.717) is 28.8 Å². The summed E-state index contributed by atoms with van der Waals surface area (Å²) < 4.78 is 0. The number of nitrogen functional groups attached to an aromatic ring is 1. The Morgan fingerprint density at radius 3 is 2.88 bits per heavy atom. The van der Waals surface area contributed by atoms with E-state index in [4.69, 9.17) is 5.73 Å². The van der Waals surface area contributed by atoms with Crippen LogP contribution < -0.4 is 11.1 Å². The smallest absolute Gasteiger partial charge is 0.254 e. The number of anilines is 1. The SMILES string of the molecule is Cc1nc(-c2cccnc2)ncc1C(=O)NCCCc1csc(N)n1. The van der Waals surface area contributed by atoms with Gasteiger partial charge in [0, 0.05) is 36.1 Å². The Kier molecular flexibility index (Phi) is 5.30. The van der Waals surface area contributed by atoms with Crippen molar-refractivity contribution in [2.24, 2.45) is 0 Å². The number of carbonyl (C=O) groups excluding carboxylic acids is 1. The number of aryl methyl sites for hydroxylation is 2. The summed E-state index contributed by atoms with van der Waals surface area (Å²) >= 11 is 1.43. The number of carbonyl (C=O) groups is 1. The lowest BCUT2D eigenvalue weighted by Crippen LogP contribution is -2.26. The van der Waals surface area contributed by atoms with E-state index in [1.165, 1.54) is 11.3 Å². The molecule has 0 unspecified atom stereocenters. The second-order valence-electron chi connectivity index (χ2n) is 5.47. The Balaban J connectivity index is 1.56. The lowest BCUT2D eigenvalue weighted by atomic mass is 10.2. The van der Waals surface area contributed by atoms with Gasteiger partial charge in [0.1, 0.15) is 0 Å². The first-order chi connectivity index (χ1) is 12.1. The minimum atomic E-state index is -0.173. The van der Waals surface area contributed by atoms with Crippen molar-refractivity contribution in [2.45, 2.75) is 19.8 Å². The van der Waals surface area contributed by atoms with E-state index >= 15 is 0 Å². The monoisotopic (exact) mass is 354 g/mol. The van der Waals surface area contributed by atoms with Crippen LogP contribution in [0.25, 0.3) is 11.4 Å². The van der Waals surface area contributed by atoms with Gasteiger partial charge in [0.2, 0.25) is 0 Å². The van der Waals surface area contributed by atoms with Gasteiger partial charge >= 0.3 is 0 Å². The largest absolute Gasteiger partial charge is 0.375 e. The third kappa shape index (κ3) is 4.36. The molecular weight excluding hydrogens is 336 g/mol. The summed E-state index contributed by atoms with van der Waals surface area (Å²) in [6.45, 7) is 2.36. The van der Waals surface area contributed by atoms with Gasteiger partial charge in [0.05, 0.1) is 17.0 Å². The van der Waals surface area contributed by atoms with Crippen LogP contribution in [0.2, 0.25) is 0 Å². The molecule has 0 radical (unpaired) electrons. The molecule has 8 heteroatoms. The molecule has 0 spiro atoms. The third-order valence-corrected chi connectivity index (χ3v) is 4.33. The average Bonchev–Trinajstić information content (AvgIpc) is 3.04. The molecule has 0 fully saturated rings. The molecule has 0 saturated carbocycles. The molecule has 3 aromatic rings. The van der Waals surface area contributed by atoms with Crippen molar-refractivity contribution in [2.75, 3.05) is 12.3 Å². The number of aromatic nitrogens is 4. The zero-order valence-electron chi connectivity index (χ0n) is 13.8. The first-order valence-corrected chi connectivity index (χ1v) is 8.73. The van der Waals surface area contributed by atoms with Gasteiger partial charge in [0.15, 0.2) is 11.0 Å². The standard InChI is InChI=1S/C17H18N6OS/c1-11-14(9-21-15(22-11)12-4-2-6-19-8-12)16(24)20-7-3-5-13-10-25-17(18)23-13/h2,4,6,8-10H,3,5,7H2,1H3,(H2,18,23)(H,20,24). The van der Waals surface area contributed by atoms with Gasteiger partial charge < -0.3 is 11.1 Å². The molecule has 3 aromatic heterocycles. The van der Waals surface area contributed by atoms with Crippen LogP contribution >= 0.6 is 11.3 Å². The Bertz CT molecular complexity index is 865. The summed E-state index contributed by atoms with van der Waals surface area (Å²) in [5, 5.41) is 5.40. The van der Waals surface area contributed by atoms with Crippen LogP contribution in [-0.4, -0.2) is 32.4 Å². The van der Waals surface area contributed by atoms with Crippen LogP contribution in [0.15, 0.2) is 36.1 Å². The molecule has 0 aliphatic carbocycles. The van der Waals surface area contributed by atoms with Crippen molar-refractivity contribution in [1.82, 2.24) is 25.3 Å². The molecule has 0 bridgehead atoms. The lowest BCUT2D eigenvalue weighted by molar-refractivity contribution is 0.0952. The van der Waals surface area contributed by atoms with Crippen molar-refractivity contribution in [1.29, 1.82) is 0 Å². The summed E-state index contributed by atoms with van der Waals surface area (Å²) in [6.07, 6.45) is 6.52. The second kappa shape index (κ2) is 7.80. The Hall–Kier alpha value is -2.87. The average molecular weight is 354 g/mol. The van der Waals surface area contributed by atoms with Crippen LogP contribution in [0.3, 0.4) is 0 Å². The zero-order valence-corrected chi connectivity index (χ0v) is 14.6. The van der Waals surface area contributed by atoms with E-state index in [1.54, 1.807) is 25.5 Å². The molecule has 0 atom stereocenters. The molecule has 3 rings (SSSR count). The highest BCUT2D eigenvalue weighted by Gasteiger charge is 2.12. The van der Waals surface area contributed by atoms with Gasteiger partial charge in [-0.2, -0.15) is 0 Å². The van der Waals surface area contributed by atoms with Crippen molar-refractivity contribution in [3.8, 4) is 11.4 Å². The molecule has 0 aliphatic rings. The predicted molar refractivity (Wildman–Crippen MR) is 97.2 cm³/mol. The molecule has 0 aliphatic heterocycles. The fourth-order valence-corrected chi connectivity index (χ4v) is 2.93. The van der Waals surface area contributed by atoms with Gasteiger partial charge in [-0.1, -0.05) is 0 Å². The van der Waals surface area contributed by atoms with E-state index in [1.807, 2.05) is 17.5 Å². The van der Waals surface area contributed by atoms with E-state index in [-0.39, 0.29) is 5.91 Å². The molecule has 3 N–H and O–H groups in total. The maximum absolute atomic E-state index is 12.3. The number of nitrogens with zero attached hydrogens (tertiary/aromatic N) is 4. The normalized spacial score (nSPS) is 10.6. The number of nitrogens with one attached hydrogen (secondary N) is 1. The Morgan fingerprint density at radius 1 is 1.32 bits per heavy atom. The topological polar surface area (TPSA) is 107 Å². The Labute approximate surface area is 149 Å². The van der Waals surface area contributed by atoms with E-state index < -0.39 is 0 Å². The fraction of sp³-hybridized carbons (Fsp3) is 0.235. The molecule has 7 nitrogen and oxygen atoms in total. The molecule has 25 heavy (non-hydrogen) atoms. The first kappa shape index (κ1) is 17.0. The first-order valence-electron chi connectivity index (χ1n) is 7.85. The molecule has 0 saturated heterocycles. The quantitative estimate of drug-likeness (QED) is 0.658. The highest BCUT2D eigenvalue weighted by molar-refractivity contribution is 7.13. The number of hydrogen-bond donors (Lipinski definition) is 2. The van der Waals surface area contributed by atoms with Crippen LogP contribution in [0.5, 0.6) is 0 Å². The van der Waals surface area contributed by atoms with Gasteiger partial charge in [0.25, 0.3) is 5.91 Å². The maximum Gasteiger partial charge on any atom is 0.254 e. The lowest BCUT2D eigenvalue weighted by Gasteiger charge is -2.08. The van der Waals surface area contributed by atoms with Crippen molar-refractivity contribution < 1.29 is 4.79 Å². The van der Waals surface area contributed by atoms with Gasteiger partial charge in [-0.25, -0.2) is 15.0 Å². The molecular formula is C17H18N6OS. The predicted octanol–water partition coefficient (Wildman–Crippen LogP) is 2.25. The van der Waals surface area contributed by atoms with Crippen LogP contribution in [0, 0.1) is 6.92 Å². The second-order valence-corrected chi connectivity index (χ2v) is 6.36. The zero-order chi connectivity index (χ0) is 17.6.